The molecule has 0 unspecified atom stereocenters. The molecule has 1 aromatic carbocycles. The van der Waals surface area contributed by atoms with Crippen LogP contribution in [0.4, 0.5) is 5.95 Å². The first kappa shape index (κ1) is 11.5. The summed E-state index contributed by atoms with van der Waals surface area (Å²) in [7, 11) is 1.67. The van der Waals surface area contributed by atoms with Crippen LogP contribution in [0, 0.1) is 0 Å². The van der Waals surface area contributed by atoms with Crippen LogP contribution < -0.4 is 5.32 Å². The van der Waals surface area contributed by atoms with Crippen LogP contribution >= 0.6 is 11.6 Å². The standard InChI is InChI=1S/C11H10ClN3O2/c1-15-6-9(16)13-11(15)14-10(17)7-3-2-4-8(12)5-7/h2-6,16H,1H3,(H,13,14,17). The average Bonchev–Trinajstić information content (AvgIpc) is 2.57. The van der Waals surface area contributed by atoms with Gasteiger partial charge >= 0.3 is 0 Å². The number of nitrogens with one attached hydrogen (secondary N) is 1. The van der Waals surface area contributed by atoms with Crippen molar-refractivity contribution < 1.29 is 9.90 Å². The zero-order valence-corrected chi connectivity index (χ0v) is 9.77. The van der Waals surface area contributed by atoms with Gasteiger partial charge in [-0.05, 0) is 18.2 Å². The number of anilines is 1. The van der Waals surface area contributed by atoms with Crippen molar-refractivity contribution in [2.45, 2.75) is 0 Å². The van der Waals surface area contributed by atoms with Crippen LogP contribution in [0.2, 0.25) is 5.02 Å². The Morgan fingerprint density at radius 2 is 2.29 bits per heavy atom. The van der Waals surface area contributed by atoms with Gasteiger partial charge in [-0.15, -0.1) is 0 Å². The van der Waals surface area contributed by atoms with Gasteiger partial charge in [-0.2, -0.15) is 4.98 Å². The van der Waals surface area contributed by atoms with Crippen molar-refractivity contribution in [2.75, 3.05) is 5.32 Å². The molecule has 17 heavy (non-hydrogen) atoms. The van der Waals surface area contributed by atoms with Gasteiger partial charge in [0.2, 0.25) is 11.8 Å². The van der Waals surface area contributed by atoms with Crippen LogP contribution in [0.1, 0.15) is 10.4 Å². The molecule has 6 heteroatoms. The van der Waals surface area contributed by atoms with Crippen LogP contribution in [0.25, 0.3) is 0 Å². The normalized spacial score (nSPS) is 10.2. The van der Waals surface area contributed by atoms with Crippen molar-refractivity contribution in [3.63, 3.8) is 0 Å². The maximum atomic E-state index is 11.8. The van der Waals surface area contributed by atoms with E-state index in [1.165, 1.54) is 10.8 Å². The van der Waals surface area contributed by atoms with Crippen LogP contribution in [-0.4, -0.2) is 20.6 Å². The Kier molecular flexibility index (Phi) is 3.01. The number of nitrogens with zero attached hydrogens (tertiary/aromatic N) is 2. The summed E-state index contributed by atoms with van der Waals surface area (Å²) in [6.45, 7) is 0. The lowest BCUT2D eigenvalue weighted by Crippen LogP contribution is -2.14. The van der Waals surface area contributed by atoms with E-state index in [0.29, 0.717) is 10.6 Å². The molecule has 1 aromatic heterocycles. The lowest BCUT2D eigenvalue weighted by molar-refractivity contribution is 0.102. The van der Waals surface area contributed by atoms with Crippen molar-refractivity contribution in [2.24, 2.45) is 7.05 Å². The summed E-state index contributed by atoms with van der Waals surface area (Å²) < 4.78 is 1.51. The molecule has 0 aliphatic heterocycles. The van der Waals surface area contributed by atoms with Gasteiger partial charge in [0.25, 0.3) is 5.91 Å². The van der Waals surface area contributed by atoms with Gasteiger partial charge in [-0.1, -0.05) is 17.7 Å². The predicted molar refractivity (Wildman–Crippen MR) is 64.3 cm³/mol. The molecule has 88 valence electrons. The number of hydrogen-bond donors (Lipinski definition) is 2. The minimum absolute atomic E-state index is 0.145. The SMILES string of the molecule is Cn1cc(O)nc1NC(=O)c1cccc(Cl)c1. The molecule has 0 saturated heterocycles. The summed E-state index contributed by atoms with van der Waals surface area (Å²) in [5.74, 6) is -0.206. The summed E-state index contributed by atoms with van der Waals surface area (Å²) in [6, 6.07) is 6.57. The summed E-state index contributed by atoms with van der Waals surface area (Å²) in [6.07, 6.45) is 1.40. The van der Waals surface area contributed by atoms with Gasteiger partial charge in [0, 0.05) is 17.6 Å². The van der Waals surface area contributed by atoms with Gasteiger partial charge in [0.1, 0.15) is 0 Å². The fraction of sp³-hybridized carbons (Fsp3) is 0.0909. The van der Waals surface area contributed by atoms with Gasteiger partial charge < -0.3 is 9.67 Å². The first-order chi connectivity index (χ1) is 8.06. The molecule has 5 nitrogen and oxygen atoms in total. The average molecular weight is 252 g/mol. The highest BCUT2D eigenvalue weighted by Crippen LogP contribution is 2.15. The lowest BCUT2D eigenvalue weighted by Gasteiger charge is -2.04. The molecule has 2 N–H and O–H groups in total. The number of aromatic hydroxyl groups is 1. The van der Waals surface area contributed by atoms with Crippen molar-refractivity contribution in [3.05, 3.63) is 41.0 Å². The Morgan fingerprint density at radius 3 is 2.88 bits per heavy atom. The predicted octanol–water partition coefficient (Wildman–Crippen LogP) is 2.03. The molecule has 0 saturated carbocycles. The number of aromatic nitrogens is 2. The van der Waals surface area contributed by atoms with Gasteiger partial charge in [-0.25, -0.2) is 0 Å². The second-order valence-corrected chi connectivity index (χ2v) is 3.93. The Balaban J connectivity index is 2.20. The fourth-order valence-electron chi connectivity index (χ4n) is 1.37. The molecule has 2 rings (SSSR count). The Morgan fingerprint density at radius 1 is 1.53 bits per heavy atom. The highest BCUT2D eigenvalue weighted by atomic mass is 35.5. The minimum atomic E-state index is -0.332. The number of halogens is 1. The first-order valence-electron chi connectivity index (χ1n) is 4.85. The maximum Gasteiger partial charge on any atom is 0.258 e. The minimum Gasteiger partial charge on any atom is -0.492 e. The van der Waals surface area contributed by atoms with Gasteiger partial charge in [-0.3, -0.25) is 10.1 Å². The molecule has 0 radical (unpaired) electrons. The maximum absolute atomic E-state index is 11.8. The molecule has 0 atom stereocenters. The molecule has 2 aromatic rings. The van der Waals surface area contributed by atoms with Gasteiger partial charge in [0.05, 0.1) is 6.20 Å². The summed E-state index contributed by atoms with van der Waals surface area (Å²) >= 11 is 5.79. The van der Waals surface area contributed by atoms with Gasteiger partial charge in [0.15, 0.2) is 0 Å². The lowest BCUT2D eigenvalue weighted by atomic mass is 10.2. The third-order valence-corrected chi connectivity index (χ3v) is 2.41. The molecular weight excluding hydrogens is 242 g/mol. The molecule has 1 amide bonds. The number of imidazole rings is 1. The number of benzene rings is 1. The number of rotatable bonds is 2. The summed E-state index contributed by atoms with van der Waals surface area (Å²) in [4.78, 5) is 15.6. The summed E-state index contributed by atoms with van der Waals surface area (Å²) in [5, 5.41) is 12.2. The van der Waals surface area contributed by atoms with Crippen molar-refractivity contribution >= 4 is 23.5 Å². The van der Waals surface area contributed by atoms with E-state index in [1.807, 2.05) is 0 Å². The van der Waals surface area contributed by atoms with E-state index in [2.05, 4.69) is 10.3 Å². The van der Waals surface area contributed by atoms with Crippen LogP contribution in [0.5, 0.6) is 5.88 Å². The van der Waals surface area contributed by atoms with E-state index in [4.69, 9.17) is 16.7 Å². The Bertz CT molecular complexity index is 566. The zero-order valence-electron chi connectivity index (χ0n) is 9.01. The van der Waals surface area contributed by atoms with Crippen molar-refractivity contribution in [1.82, 2.24) is 9.55 Å². The number of carbonyl (C=O) groups excluding carboxylic acids is 1. The monoisotopic (exact) mass is 251 g/mol. The quantitative estimate of drug-likeness (QED) is 0.858. The van der Waals surface area contributed by atoms with E-state index < -0.39 is 0 Å². The molecule has 1 heterocycles. The molecule has 0 aliphatic carbocycles. The first-order valence-corrected chi connectivity index (χ1v) is 5.23. The molecular formula is C11H10ClN3O2. The second kappa shape index (κ2) is 4.47. The van der Waals surface area contributed by atoms with Crippen molar-refractivity contribution in [1.29, 1.82) is 0 Å². The molecule has 0 bridgehead atoms. The van der Waals surface area contributed by atoms with E-state index in [-0.39, 0.29) is 17.7 Å². The zero-order chi connectivity index (χ0) is 12.4. The summed E-state index contributed by atoms with van der Waals surface area (Å²) in [5.41, 5.74) is 0.431. The topological polar surface area (TPSA) is 67.2 Å². The van der Waals surface area contributed by atoms with E-state index in [1.54, 1.807) is 31.3 Å². The van der Waals surface area contributed by atoms with Crippen LogP contribution in [0.3, 0.4) is 0 Å². The molecule has 0 fully saturated rings. The number of hydrogen-bond acceptors (Lipinski definition) is 3. The van der Waals surface area contributed by atoms with Crippen LogP contribution in [-0.2, 0) is 7.05 Å². The number of amides is 1. The van der Waals surface area contributed by atoms with E-state index in [9.17, 15) is 4.79 Å². The van der Waals surface area contributed by atoms with E-state index >= 15 is 0 Å². The largest absolute Gasteiger partial charge is 0.492 e. The van der Waals surface area contributed by atoms with Crippen LogP contribution in [0.15, 0.2) is 30.5 Å². The highest BCUT2D eigenvalue weighted by molar-refractivity contribution is 6.31. The Labute approximate surface area is 103 Å². The molecule has 0 spiro atoms. The Hall–Kier alpha value is -2.01. The smallest absolute Gasteiger partial charge is 0.258 e. The van der Waals surface area contributed by atoms with Crippen molar-refractivity contribution in [3.8, 4) is 5.88 Å². The fourth-order valence-corrected chi connectivity index (χ4v) is 1.56. The van der Waals surface area contributed by atoms with E-state index in [0.717, 1.165) is 0 Å². The third-order valence-electron chi connectivity index (χ3n) is 2.18. The second-order valence-electron chi connectivity index (χ2n) is 3.50. The third kappa shape index (κ3) is 2.57. The molecule has 0 aliphatic rings. The highest BCUT2D eigenvalue weighted by Gasteiger charge is 2.10. The number of aryl methyl sites for hydroxylation is 1. The number of carbonyl (C=O) groups is 1.